The number of hydrogen-bond donors (Lipinski definition) is 3. The fourth-order valence-electron chi connectivity index (χ4n) is 2.46. The molecule has 102 valence electrons. The van der Waals surface area contributed by atoms with Crippen LogP contribution in [0.3, 0.4) is 0 Å². The Morgan fingerprint density at radius 3 is 2.74 bits per heavy atom. The van der Waals surface area contributed by atoms with Gasteiger partial charge in [0.05, 0.1) is 5.92 Å². The van der Waals surface area contributed by atoms with Crippen molar-refractivity contribution in [3.63, 3.8) is 0 Å². The van der Waals surface area contributed by atoms with Crippen molar-refractivity contribution in [1.82, 2.24) is 5.32 Å². The number of aromatic hydroxyl groups is 1. The predicted molar refractivity (Wildman–Crippen MR) is 69.0 cm³/mol. The normalized spacial score (nSPS) is 22.7. The number of phenols is 1. The maximum atomic E-state index is 12.0. The number of carbonyl (C=O) groups is 2. The van der Waals surface area contributed by atoms with Crippen LogP contribution in [0.25, 0.3) is 0 Å². The van der Waals surface area contributed by atoms with Crippen LogP contribution in [0.15, 0.2) is 24.3 Å². The van der Waals surface area contributed by atoms with Gasteiger partial charge in [-0.15, -0.1) is 0 Å². The van der Waals surface area contributed by atoms with Gasteiger partial charge in [0.25, 0.3) is 5.91 Å². The molecule has 5 heteroatoms. The number of carboxylic acids is 1. The number of benzene rings is 1. The van der Waals surface area contributed by atoms with Crippen LogP contribution in [-0.2, 0) is 4.79 Å². The van der Waals surface area contributed by atoms with Gasteiger partial charge in [0.2, 0.25) is 0 Å². The standard InChI is InChI=1S/C14H17NO4/c16-12-6-2-3-9(8-12)13(17)15-11-5-1-4-10(7-11)14(18)19/h2-3,6,8,10-11,16H,1,4-5,7H2,(H,15,17)(H,18,19). The Kier molecular flexibility index (Phi) is 4.04. The second-order valence-electron chi connectivity index (χ2n) is 4.92. The van der Waals surface area contributed by atoms with Crippen molar-refractivity contribution in [1.29, 1.82) is 0 Å². The Balaban J connectivity index is 1.97. The van der Waals surface area contributed by atoms with Crippen LogP contribution in [0, 0.1) is 5.92 Å². The first-order valence-electron chi connectivity index (χ1n) is 6.39. The zero-order valence-corrected chi connectivity index (χ0v) is 10.5. The first-order chi connectivity index (χ1) is 9.06. The fourth-order valence-corrected chi connectivity index (χ4v) is 2.46. The van der Waals surface area contributed by atoms with Crippen LogP contribution in [0.5, 0.6) is 5.75 Å². The Hall–Kier alpha value is -2.04. The minimum Gasteiger partial charge on any atom is -0.508 e. The molecule has 2 rings (SSSR count). The summed E-state index contributed by atoms with van der Waals surface area (Å²) in [4.78, 5) is 22.9. The number of amides is 1. The van der Waals surface area contributed by atoms with E-state index in [0.717, 1.165) is 12.8 Å². The molecule has 1 aliphatic carbocycles. The number of phenolic OH excluding ortho intramolecular Hbond substituents is 1. The zero-order chi connectivity index (χ0) is 13.8. The second-order valence-corrected chi connectivity index (χ2v) is 4.92. The van der Waals surface area contributed by atoms with Crippen LogP contribution in [0.1, 0.15) is 36.0 Å². The molecule has 0 heterocycles. The molecule has 0 aromatic heterocycles. The fraction of sp³-hybridized carbons (Fsp3) is 0.429. The molecule has 0 radical (unpaired) electrons. The summed E-state index contributed by atoms with van der Waals surface area (Å²) in [5, 5.41) is 21.2. The molecule has 3 N–H and O–H groups in total. The Labute approximate surface area is 111 Å². The van der Waals surface area contributed by atoms with E-state index in [1.54, 1.807) is 12.1 Å². The van der Waals surface area contributed by atoms with Gasteiger partial charge in [0, 0.05) is 11.6 Å². The number of hydrogen-bond acceptors (Lipinski definition) is 3. The highest BCUT2D eigenvalue weighted by atomic mass is 16.4. The maximum absolute atomic E-state index is 12.0. The molecular formula is C14H17NO4. The highest BCUT2D eigenvalue weighted by Crippen LogP contribution is 2.24. The SMILES string of the molecule is O=C(NC1CCCC(C(=O)O)C1)c1cccc(O)c1. The van der Waals surface area contributed by atoms with Crippen molar-refractivity contribution >= 4 is 11.9 Å². The molecule has 0 aliphatic heterocycles. The molecule has 0 saturated heterocycles. The van der Waals surface area contributed by atoms with E-state index in [4.69, 9.17) is 5.11 Å². The Bertz CT molecular complexity index is 486. The molecule has 19 heavy (non-hydrogen) atoms. The number of rotatable bonds is 3. The van der Waals surface area contributed by atoms with Crippen LogP contribution >= 0.6 is 0 Å². The van der Waals surface area contributed by atoms with Gasteiger partial charge in [0.1, 0.15) is 5.75 Å². The van der Waals surface area contributed by atoms with Gasteiger partial charge < -0.3 is 15.5 Å². The minimum absolute atomic E-state index is 0.0414. The van der Waals surface area contributed by atoms with Gasteiger partial charge in [-0.05, 0) is 37.5 Å². The summed E-state index contributed by atoms with van der Waals surface area (Å²) in [7, 11) is 0. The Morgan fingerprint density at radius 2 is 2.05 bits per heavy atom. The molecule has 0 spiro atoms. The third kappa shape index (κ3) is 3.47. The average Bonchev–Trinajstić information content (AvgIpc) is 2.39. The first-order valence-corrected chi connectivity index (χ1v) is 6.39. The summed E-state index contributed by atoms with van der Waals surface area (Å²) in [6.45, 7) is 0. The number of aliphatic carboxylic acids is 1. The highest BCUT2D eigenvalue weighted by Gasteiger charge is 2.27. The van der Waals surface area contributed by atoms with Gasteiger partial charge in [-0.1, -0.05) is 12.5 Å². The van der Waals surface area contributed by atoms with Crippen LogP contribution in [0.4, 0.5) is 0 Å². The molecule has 5 nitrogen and oxygen atoms in total. The molecular weight excluding hydrogens is 246 g/mol. The number of nitrogens with one attached hydrogen (secondary N) is 1. The van der Waals surface area contributed by atoms with E-state index in [1.807, 2.05) is 0 Å². The molecule has 2 unspecified atom stereocenters. The van der Waals surface area contributed by atoms with Crippen molar-refractivity contribution in [2.75, 3.05) is 0 Å². The highest BCUT2D eigenvalue weighted by molar-refractivity contribution is 5.94. The molecule has 1 aromatic carbocycles. The van der Waals surface area contributed by atoms with Gasteiger partial charge in [-0.3, -0.25) is 9.59 Å². The van der Waals surface area contributed by atoms with Gasteiger partial charge in [-0.25, -0.2) is 0 Å². The van der Waals surface area contributed by atoms with Crippen molar-refractivity contribution in [2.45, 2.75) is 31.7 Å². The summed E-state index contributed by atoms with van der Waals surface area (Å²) in [6, 6.07) is 6.01. The van der Waals surface area contributed by atoms with Crippen molar-refractivity contribution < 1.29 is 19.8 Å². The summed E-state index contributed by atoms with van der Waals surface area (Å²) >= 11 is 0. The van der Waals surface area contributed by atoms with E-state index in [-0.39, 0.29) is 23.6 Å². The van der Waals surface area contributed by atoms with Crippen LogP contribution in [0.2, 0.25) is 0 Å². The number of carbonyl (C=O) groups excluding carboxylic acids is 1. The molecule has 1 aliphatic rings. The monoisotopic (exact) mass is 263 g/mol. The van der Waals surface area contributed by atoms with Crippen LogP contribution in [-0.4, -0.2) is 28.1 Å². The van der Waals surface area contributed by atoms with E-state index in [2.05, 4.69) is 5.32 Å². The second kappa shape index (κ2) is 5.73. The van der Waals surface area contributed by atoms with E-state index in [1.165, 1.54) is 12.1 Å². The quantitative estimate of drug-likeness (QED) is 0.775. The minimum atomic E-state index is -0.795. The topological polar surface area (TPSA) is 86.6 Å². The maximum Gasteiger partial charge on any atom is 0.306 e. The molecule has 1 amide bonds. The average molecular weight is 263 g/mol. The predicted octanol–water partition coefficient (Wildman–Crippen LogP) is 1.77. The molecule has 0 bridgehead atoms. The smallest absolute Gasteiger partial charge is 0.306 e. The van der Waals surface area contributed by atoms with E-state index in [0.29, 0.717) is 18.4 Å². The van der Waals surface area contributed by atoms with Gasteiger partial charge in [0.15, 0.2) is 0 Å². The lowest BCUT2D eigenvalue weighted by Gasteiger charge is -2.27. The van der Waals surface area contributed by atoms with E-state index < -0.39 is 5.97 Å². The summed E-state index contributed by atoms with van der Waals surface area (Å²) in [5.41, 5.74) is 0.387. The summed E-state index contributed by atoms with van der Waals surface area (Å²) in [6.07, 6.45) is 2.75. The van der Waals surface area contributed by atoms with E-state index >= 15 is 0 Å². The summed E-state index contributed by atoms with van der Waals surface area (Å²) in [5.74, 6) is -1.40. The lowest BCUT2D eigenvalue weighted by molar-refractivity contribution is -0.143. The third-order valence-electron chi connectivity index (χ3n) is 3.47. The third-order valence-corrected chi connectivity index (χ3v) is 3.47. The van der Waals surface area contributed by atoms with Crippen molar-refractivity contribution in [2.24, 2.45) is 5.92 Å². The molecule has 1 saturated carbocycles. The molecule has 2 atom stereocenters. The van der Waals surface area contributed by atoms with E-state index in [9.17, 15) is 14.7 Å². The molecule has 1 fully saturated rings. The van der Waals surface area contributed by atoms with Gasteiger partial charge >= 0.3 is 5.97 Å². The number of carboxylic acid groups (broad SMARTS) is 1. The van der Waals surface area contributed by atoms with Crippen molar-refractivity contribution in [3.8, 4) is 5.75 Å². The van der Waals surface area contributed by atoms with Gasteiger partial charge in [-0.2, -0.15) is 0 Å². The summed E-state index contributed by atoms with van der Waals surface area (Å²) < 4.78 is 0. The van der Waals surface area contributed by atoms with Crippen LogP contribution < -0.4 is 5.32 Å². The zero-order valence-electron chi connectivity index (χ0n) is 10.5. The van der Waals surface area contributed by atoms with Crippen molar-refractivity contribution in [3.05, 3.63) is 29.8 Å². The lowest BCUT2D eigenvalue weighted by atomic mass is 9.85. The first kappa shape index (κ1) is 13.4. The largest absolute Gasteiger partial charge is 0.508 e. The lowest BCUT2D eigenvalue weighted by Crippen LogP contribution is -2.39. The molecule has 1 aromatic rings. The Morgan fingerprint density at radius 1 is 1.26 bits per heavy atom.